The highest BCUT2D eigenvalue weighted by molar-refractivity contribution is 7.99. The Hall–Kier alpha value is -1.40. The molecule has 0 saturated heterocycles. The van der Waals surface area contributed by atoms with Crippen LogP contribution in [-0.4, -0.2) is 36.2 Å². The first-order valence-corrected chi connectivity index (χ1v) is 8.89. The normalized spacial score (nSPS) is 17.5. The molecule has 2 aromatic heterocycles. The van der Waals surface area contributed by atoms with E-state index in [1.165, 1.54) is 6.42 Å². The largest absolute Gasteiger partial charge is 0.389 e. The fourth-order valence-electron chi connectivity index (χ4n) is 2.95. The molecule has 5 nitrogen and oxygen atoms in total. The first-order chi connectivity index (χ1) is 10.7. The summed E-state index contributed by atoms with van der Waals surface area (Å²) in [5.41, 5.74) is 0.483. The predicted octanol–water partition coefficient (Wildman–Crippen LogP) is 3.15. The Bertz CT molecular complexity index is 608. The summed E-state index contributed by atoms with van der Waals surface area (Å²) in [6.07, 6.45) is 8.82. The predicted molar refractivity (Wildman–Crippen MR) is 87.7 cm³/mol. The summed E-state index contributed by atoms with van der Waals surface area (Å²) in [5, 5.41) is 20.2. The molecular weight excluding hydrogens is 296 g/mol. The third kappa shape index (κ3) is 3.33. The summed E-state index contributed by atoms with van der Waals surface area (Å²) in [4.78, 5) is 4.04. The highest BCUT2D eigenvalue weighted by atomic mass is 32.2. The number of aromatic nitrogens is 4. The van der Waals surface area contributed by atoms with E-state index in [1.54, 1.807) is 24.2 Å². The van der Waals surface area contributed by atoms with Crippen molar-refractivity contribution in [3.63, 3.8) is 0 Å². The second kappa shape index (κ2) is 6.79. The van der Waals surface area contributed by atoms with E-state index in [2.05, 4.69) is 26.7 Å². The molecule has 0 aliphatic heterocycles. The van der Waals surface area contributed by atoms with Crippen molar-refractivity contribution in [2.45, 2.75) is 56.3 Å². The Kier molecular flexibility index (Phi) is 4.78. The third-order valence-electron chi connectivity index (χ3n) is 4.23. The number of pyridine rings is 1. The minimum Gasteiger partial charge on any atom is -0.389 e. The highest BCUT2D eigenvalue weighted by Gasteiger charge is 2.30. The monoisotopic (exact) mass is 318 g/mol. The molecule has 118 valence electrons. The lowest BCUT2D eigenvalue weighted by Gasteiger charge is -2.31. The van der Waals surface area contributed by atoms with Crippen molar-refractivity contribution in [1.29, 1.82) is 0 Å². The van der Waals surface area contributed by atoms with Gasteiger partial charge in [0.15, 0.2) is 11.0 Å². The van der Waals surface area contributed by atoms with E-state index in [4.69, 9.17) is 0 Å². The quantitative estimate of drug-likeness (QED) is 0.858. The number of nitrogens with zero attached hydrogens (tertiary/aromatic N) is 4. The van der Waals surface area contributed by atoms with Crippen molar-refractivity contribution < 1.29 is 5.11 Å². The Balaban J connectivity index is 1.76. The molecule has 2 aromatic rings. The van der Waals surface area contributed by atoms with Gasteiger partial charge in [-0.15, -0.1) is 10.2 Å². The van der Waals surface area contributed by atoms with Gasteiger partial charge in [0.25, 0.3) is 0 Å². The Morgan fingerprint density at radius 3 is 2.59 bits per heavy atom. The second-order valence-electron chi connectivity index (χ2n) is 5.86. The van der Waals surface area contributed by atoms with Gasteiger partial charge in [-0.25, -0.2) is 0 Å². The Morgan fingerprint density at radius 1 is 1.18 bits per heavy atom. The van der Waals surface area contributed by atoms with Crippen LogP contribution in [0.1, 0.15) is 39.0 Å². The molecule has 1 aliphatic rings. The number of hydrogen-bond donors (Lipinski definition) is 1. The van der Waals surface area contributed by atoms with Crippen LogP contribution >= 0.6 is 11.8 Å². The number of hydrogen-bond acceptors (Lipinski definition) is 5. The van der Waals surface area contributed by atoms with Gasteiger partial charge in [0.2, 0.25) is 0 Å². The average molecular weight is 318 g/mol. The molecule has 0 amide bonds. The zero-order valence-corrected chi connectivity index (χ0v) is 13.7. The zero-order chi connectivity index (χ0) is 15.4. The highest BCUT2D eigenvalue weighted by Crippen LogP contribution is 2.33. The molecule has 0 atom stereocenters. The minimum atomic E-state index is -0.537. The third-order valence-corrected chi connectivity index (χ3v) is 5.47. The van der Waals surface area contributed by atoms with Gasteiger partial charge < -0.3 is 9.67 Å². The van der Waals surface area contributed by atoms with Crippen molar-refractivity contribution in [3.8, 4) is 11.4 Å². The molecule has 0 radical (unpaired) electrons. The second-order valence-corrected chi connectivity index (χ2v) is 6.80. The molecule has 1 N–H and O–H groups in total. The molecule has 1 fully saturated rings. The molecule has 0 spiro atoms. The van der Waals surface area contributed by atoms with Crippen molar-refractivity contribution >= 4 is 11.8 Å². The molecule has 0 aromatic carbocycles. The maximum Gasteiger partial charge on any atom is 0.191 e. The number of thioether (sulfide) groups is 1. The maximum absolute atomic E-state index is 10.6. The summed E-state index contributed by atoms with van der Waals surface area (Å²) >= 11 is 1.62. The van der Waals surface area contributed by atoms with Gasteiger partial charge in [-0.05, 0) is 31.9 Å². The first-order valence-electron chi connectivity index (χ1n) is 7.91. The standard InChI is InChI=1S/C16H22N4OS/c1-2-20-14(13-6-10-17-11-7-13)18-19-15(20)22-12-16(21)8-4-3-5-9-16/h6-7,10-11,21H,2-5,8-9,12H2,1H3. The van der Waals surface area contributed by atoms with Gasteiger partial charge in [-0.3, -0.25) is 4.98 Å². The summed E-state index contributed by atoms with van der Waals surface area (Å²) in [6.45, 7) is 2.90. The Labute approximate surface area is 135 Å². The van der Waals surface area contributed by atoms with E-state index in [9.17, 15) is 5.11 Å². The molecule has 1 saturated carbocycles. The van der Waals surface area contributed by atoms with E-state index >= 15 is 0 Å². The van der Waals surface area contributed by atoms with Crippen LogP contribution in [0.5, 0.6) is 0 Å². The maximum atomic E-state index is 10.6. The van der Waals surface area contributed by atoms with Crippen LogP contribution in [0.15, 0.2) is 29.7 Å². The molecule has 0 bridgehead atoms. The van der Waals surface area contributed by atoms with Crippen LogP contribution in [0.3, 0.4) is 0 Å². The summed E-state index contributed by atoms with van der Waals surface area (Å²) in [6, 6.07) is 3.89. The van der Waals surface area contributed by atoms with Crippen molar-refractivity contribution in [3.05, 3.63) is 24.5 Å². The van der Waals surface area contributed by atoms with Gasteiger partial charge in [0.05, 0.1) is 5.60 Å². The summed E-state index contributed by atoms with van der Waals surface area (Å²) in [5.74, 6) is 1.56. The van der Waals surface area contributed by atoms with Crippen molar-refractivity contribution in [1.82, 2.24) is 19.7 Å². The van der Waals surface area contributed by atoms with Crippen LogP contribution in [0.2, 0.25) is 0 Å². The lowest BCUT2D eigenvalue weighted by molar-refractivity contribution is 0.0272. The minimum absolute atomic E-state index is 0.537. The number of rotatable bonds is 5. The molecule has 1 aliphatic carbocycles. The van der Waals surface area contributed by atoms with Gasteiger partial charge in [0.1, 0.15) is 0 Å². The first kappa shape index (κ1) is 15.5. The molecule has 3 rings (SSSR count). The topological polar surface area (TPSA) is 63.8 Å². The van der Waals surface area contributed by atoms with Gasteiger partial charge >= 0.3 is 0 Å². The van der Waals surface area contributed by atoms with Crippen molar-refractivity contribution in [2.75, 3.05) is 5.75 Å². The molecule has 0 unspecified atom stereocenters. The molecule has 22 heavy (non-hydrogen) atoms. The van der Waals surface area contributed by atoms with Gasteiger partial charge in [0, 0.05) is 30.3 Å². The van der Waals surface area contributed by atoms with Crippen LogP contribution in [0, 0.1) is 0 Å². The zero-order valence-electron chi connectivity index (χ0n) is 12.9. The van der Waals surface area contributed by atoms with Crippen LogP contribution in [-0.2, 0) is 6.54 Å². The van der Waals surface area contributed by atoms with E-state index in [0.717, 1.165) is 48.8 Å². The average Bonchev–Trinajstić information content (AvgIpc) is 2.97. The fraction of sp³-hybridized carbons (Fsp3) is 0.562. The van der Waals surface area contributed by atoms with Gasteiger partial charge in [-0.1, -0.05) is 31.0 Å². The van der Waals surface area contributed by atoms with E-state index in [0.29, 0.717) is 5.75 Å². The summed E-state index contributed by atoms with van der Waals surface area (Å²) in [7, 11) is 0. The lowest BCUT2D eigenvalue weighted by atomic mass is 9.86. The van der Waals surface area contributed by atoms with E-state index in [1.807, 2.05) is 12.1 Å². The lowest BCUT2D eigenvalue weighted by Crippen LogP contribution is -2.34. The molecule has 2 heterocycles. The molecular formula is C16H22N4OS. The molecule has 6 heteroatoms. The summed E-state index contributed by atoms with van der Waals surface area (Å²) < 4.78 is 2.10. The fourth-order valence-corrected chi connectivity index (χ4v) is 4.10. The van der Waals surface area contributed by atoms with Crippen molar-refractivity contribution in [2.24, 2.45) is 0 Å². The smallest absolute Gasteiger partial charge is 0.191 e. The Morgan fingerprint density at radius 2 is 1.91 bits per heavy atom. The number of aliphatic hydroxyl groups is 1. The van der Waals surface area contributed by atoms with Crippen LogP contribution in [0.4, 0.5) is 0 Å². The van der Waals surface area contributed by atoms with Crippen LogP contribution in [0.25, 0.3) is 11.4 Å². The van der Waals surface area contributed by atoms with E-state index < -0.39 is 5.60 Å². The SMILES string of the molecule is CCn1c(SCC2(O)CCCCC2)nnc1-c1ccncc1. The van der Waals surface area contributed by atoms with Crippen LogP contribution < -0.4 is 0 Å². The van der Waals surface area contributed by atoms with Gasteiger partial charge in [-0.2, -0.15) is 0 Å². The van der Waals surface area contributed by atoms with E-state index in [-0.39, 0.29) is 0 Å².